The molecule has 1 aromatic rings. The van der Waals surface area contributed by atoms with Crippen LogP contribution in [0.1, 0.15) is 12.0 Å². The van der Waals surface area contributed by atoms with Crippen molar-refractivity contribution in [1.82, 2.24) is 0 Å². The normalized spacial score (nSPS) is 21.1. The lowest BCUT2D eigenvalue weighted by Gasteiger charge is -2.16. The molecule has 1 aliphatic rings. The lowest BCUT2D eigenvalue weighted by molar-refractivity contribution is -0.139. The van der Waals surface area contributed by atoms with Crippen molar-refractivity contribution in [2.75, 3.05) is 13.2 Å². The van der Waals surface area contributed by atoms with Gasteiger partial charge in [0.25, 0.3) is 0 Å². The van der Waals surface area contributed by atoms with Gasteiger partial charge >= 0.3 is 6.18 Å². The molecule has 5 heteroatoms. The molecule has 2 nitrogen and oxygen atoms in total. The van der Waals surface area contributed by atoms with E-state index in [4.69, 9.17) is 9.47 Å². The van der Waals surface area contributed by atoms with Crippen LogP contribution in [-0.4, -0.2) is 19.3 Å². The number of halogens is 3. The predicted molar refractivity (Wildman–Crippen MR) is 50.1 cm³/mol. The van der Waals surface area contributed by atoms with Crippen molar-refractivity contribution in [2.24, 2.45) is 0 Å². The van der Waals surface area contributed by atoms with Crippen LogP contribution in [0.15, 0.2) is 18.2 Å². The summed E-state index contributed by atoms with van der Waals surface area (Å²) in [6, 6.07) is 5.98. The van der Waals surface area contributed by atoms with Gasteiger partial charge < -0.3 is 9.47 Å². The molecule has 87 valence electrons. The lowest BCUT2D eigenvalue weighted by atomic mass is 10.2. The molecule has 2 rings (SSSR count). The van der Waals surface area contributed by atoms with Crippen LogP contribution in [0.25, 0.3) is 0 Å². The van der Waals surface area contributed by atoms with Crippen molar-refractivity contribution < 1.29 is 22.6 Å². The summed E-state index contributed by atoms with van der Waals surface area (Å²) in [5.41, 5.74) is -0.790. The Bertz CT molecular complexity index is 356. The van der Waals surface area contributed by atoms with Crippen LogP contribution >= 0.6 is 0 Å². The third-order valence-electron chi connectivity index (χ3n) is 2.31. The van der Waals surface area contributed by atoms with E-state index in [0.717, 1.165) is 6.07 Å². The second kappa shape index (κ2) is 4.33. The molecule has 1 aliphatic heterocycles. The van der Waals surface area contributed by atoms with Crippen LogP contribution in [0, 0.1) is 6.07 Å². The largest absolute Gasteiger partial charge is 0.487 e. The van der Waals surface area contributed by atoms with E-state index in [1.807, 2.05) is 0 Å². The quantitative estimate of drug-likeness (QED) is 0.779. The number of alkyl halides is 3. The lowest BCUT2D eigenvalue weighted by Crippen LogP contribution is -2.18. The fourth-order valence-electron chi connectivity index (χ4n) is 1.53. The molecule has 0 saturated carbocycles. The van der Waals surface area contributed by atoms with E-state index >= 15 is 0 Å². The van der Waals surface area contributed by atoms with Gasteiger partial charge in [-0.15, -0.1) is 0 Å². The van der Waals surface area contributed by atoms with Crippen molar-refractivity contribution in [3.8, 4) is 5.75 Å². The fraction of sp³-hybridized carbons (Fsp3) is 0.455. The van der Waals surface area contributed by atoms with E-state index in [1.54, 1.807) is 0 Å². The van der Waals surface area contributed by atoms with Crippen LogP contribution in [0.2, 0.25) is 0 Å². The Morgan fingerprint density at radius 3 is 2.88 bits per heavy atom. The Balaban J connectivity index is 2.19. The summed E-state index contributed by atoms with van der Waals surface area (Å²) in [7, 11) is 0. The molecule has 0 aromatic heterocycles. The van der Waals surface area contributed by atoms with Gasteiger partial charge in [-0.1, -0.05) is 6.07 Å². The Hall–Kier alpha value is -1.23. The van der Waals surface area contributed by atoms with Gasteiger partial charge in [0.15, 0.2) is 0 Å². The van der Waals surface area contributed by atoms with Crippen LogP contribution < -0.4 is 4.74 Å². The zero-order valence-electron chi connectivity index (χ0n) is 8.38. The average Bonchev–Trinajstić information content (AvgIpc) is 2.70. The second-order valence-corrected chi connectivity index (χ2v) is 3.52. The van der Waals surface area contributed by atoms with E-state index in [1.165, 1.54) is 12.1 Å². The van der Waals surface area contributed by atoms with Gasteiger partial charge in [0.2, 0.25) is 0 Å². The third kappa shape index (κ3) is 2.47. The average molecular weight is 231 g/mol. The monoisotopic (exact) mass is 231 g/mol. The minimum atomic E-state index is -4.41. The number of hydrogen-bond acceptors (Lipinski definition) is 2. The van der Waals surface area contributed by atoms with Crippen molar-refractivity contribution in [3.63, 3.8) is 0 Å². The molecule has 0 spiro atoms. The van der Waals surface area contributed by atoms with Gasteiger partial charge in [-0.25, -0.2) is 0 Å². The highest BCUT2D eigenvalue weighted by molar-refractivity contribution is 5.35. The topological polar surface area (TPSA) is 18.5 Å². The Labute approximate surface area is 91.0 Å². The first-order valence-corrected chi connectivity index (χ1v) is 4.89. The molecule has 0 aliphatic carbocycles. The predicted octanol–water partition coefficient (Wildman–Crippen LogP) is 2.67. The highest BCUT2D eigenvalue weighted by Gasteiger charge is 2.35. The first kappa shape index (κ1) is 11.3. The first-order valence-electron chi connectivity index (χ1n) is 4.89. The maximum Gasteiger partial charge on any atom is 0.419 e. The molecule has 0 N–H and O–H groups in total. The van der Waals surface area contributed by atoms with Gasteiger partial charge in [0.1, 0.15) is 11.9 Å². The molecule has 16 heavy (non-hydrogen) atoms. The van der Waals surface area contributed by atoms with Crippen LogP contribution in [-0.2, 0) is 10.9 Å². The molecule has 1 fully saturated rings. The molecule has 1 saturated heterocycles. The number of ether oxygens (including phenoxy) is 2. The molecule has 1 unspecified atom stereocenters. The molecule has 0 bridgehead atoms. The van der Waals surface area contributed by atoms with E-state index in [9.17, 15) is 13.2 Å². The Kier molecular flexibility index (Phi) is 3.05. The third-order valence-corrected chi connectivity index (χ3v) is 2.31. The Morgan fingerprint density at radius 2 is 2.25 bits per heavy atom. The molecule has 1 heterocycles. The standard InChI is InChI=1S/C11H10F3O2/c12-11(13,14)9-3-1-2-4-10(9)16-8-5-6-15-7-8/h2-4,8H,5-7H2. The minimum absolute atomic E-state index is 0.151. The van der Waals surface area contributed by atoms with Gasteiger partial charge in [0.05, 0.1) is 18.8 Å². The summed E-state index contributed by atoms with van der Waals surface area (Å²) in [5.74, 6) is -0.151. The van der Waals surface area contributed by atoms with E-state index in [0.29, 0.717) is 19.6 Å². The maximum absolute atomic E-state index is 12.6. The van der Waals surface area contributed by atoms with Gasteiger partial charge in [-0.2, -0.15) is 13.2 Å². The second-order valence-electron chi connectivity index (χ2n) is 3.52. The van der Waals surface area contributed by atoms with Crippen LogP contribution in [0.4, 0.5) is 13.2 Å². The Morgan fingerprint density at radius 1 is 1.44 bits per heavy atom. The summed E-state index contributed by atoms with van der Waals surface area (Å²) in [4.78, 5) is 0. The number of benzene rings is 1. The number of rotatable bonds is 2. The zero-order chi connectivity index (χ0) is 11.6. The van der Waals surface area contributed by atoms with Gasteiger partial charge in [0, 0.05) is 6.42 Å². The summed E-state index contributed by atoms with van der Waals surface area (Å²) in [6.45, 7) is 0.876. The summed E-state index contributed by atoms with van der Waals surface area (Å²) < 4.78 is 48.1. The van der Waals surface area contributed by atoms with Crippen LogP contribution in [0.3, 0.4) is 0 Å². The smallest absolute Gasteiger partial charge is 0.419 e. The van der Waals surface area contributed by atoms with Crippen molar-refractivity contribution in [3.05, 3.63) is 29.8 Å². The highest BCUT2D eigenvalue weighted by atomic mass is 19.4. The number of hydrogen-bond donors (Lipinski definition) is 0. The summed E-state index contributed by atoms with van der Waals surface area (Å²) in [6.07, 6.45) is -4.08. The van der Waals surface area contributed by atoms with E-state index < -0.39 is 11.7 Å². The molecular formula is C11H10F3O2. The molecule has 1 radical (unpaired) electrons. The maximum atomic E-state index is 12.6. The van der Waals surface area contributed by atoms with Crippen molar-refractivity contribution in [2.45, 2.75) is 18.7 Å². The molecule has 1 atom stereocenters. The van der Waals surface area contributed by atoms with E-state index in [2.05, 4.69) is 6.07 Å². The van der Waals surface area contributed by atoms with E-state index in [-0.39, 0.29) is 11.9 Å². The SMILES string of the molecule is FC(F)(F)c1c[c]ccc1OC1CCOC1. The molecule has 0 amide bonds. The van der Waals surface area contributed by atoms with Gasteiger partial charge in [-0.3, -0.25) is 0 Å². The van der Waals surface area contributed by atoms with Gasteiger partial charge in [-0.05, 0) is 18.2 Å². The van der Waals surface area contributed by atoms with Crippen molar-refractivity contribution in [1.29, 1.82) is 0 Å². The van der Waals surface area contributed by atoms with Crippen molar-refractivity contribution >= 4 is 0 Å². The first-order chi connectivity index (χ1) is 7.57. The molecular weight excluding hydrogens is 221 g/mol. The van der Waals surface area contributed by atoms with Crippen LogP contribution in [0.5, 0.6) is 5.75 Å². The minimum Gasteiger partial charge on any atom is -0.487 e. The molecule has 1 aromatic carbocycles. The summed E-state index contributed by atoms with van der Waals surface area (Å²) >= 11 is 0. The zero-order valence-corrected chi connectivity index (χ0v) is 8.38. The fourth-order valence-corrected chi connectivity index (χ4v) is 1.53. The highest BCUT2D eigenvalue weighted by Crippen LogP contribution is 2.36. The summed E-state index contributed by atoms with van der Waals surface area (Å²) in [5, 5.41) is 0.